The molecule has 0 radical (unpaired) electrons. The summed E-state index contributed by atoms with van der Waals surface area (Å²) in [6.45, 7) is -0.170. The molecule has 4 atom stereocenters. The van der Waals surface area contributed by atoms with Crippen molar-refractivity contribution in [3.8, 4) is 0 Å². The van der Waals surface area contributed by atoms with Crippen molar-refractivity contribution in [2.24, 2.45) is 23.7 Å². The Labute approximate surface area is 95.2 Å². The largest absolute Gasteiger partial charge is 0.438 e. The smallest absolute Gasteiger partial charge is 0.313 e. The van der Waals surface area contributed by atoms with Gasteiger partial charge in [0, 0.05) is 7.11 Å². The number of aliphatic hydroxyl groups excluding tert-OH is 1. The van der Waals surface area contributed by atoms with Crippen molar-refractivity contribution in [3.63, 3.8) is 0 Å². The molecule has 0 aromatic carbocycles. The number of aliphatic hydroxyl groups is 1. The number of carbonyl (C=O) groups excluding carboxylic acids is 1. The molecule has 2 rings (SSSR count). The van der Waals surface area contributed by atoms with E-state index in [1.165, 1.54) is 7.11 Å². The third-order valence-corrected chi connectivity index (χ3v) is 3.67. The fourth-order valence-corrected chi connectivity index (χ4v) is 2.89. The molecule has 4 unspecified atom stereocenters. The van der Waals surface area contributed by atoms with E-state index in [1.807, 2.05) is 0 Å². The van der Waals surface area contributed by atoms with Crippen molar-refractivity contribution in [1.82, 2.24) is 0 Å². The maximum absolute atomic E-state index is 11.7. The van der Waals surface area contributed by atoms with E-state index in [-0.39, 0.29) is 25.3 Å². The maximum atomic E-state index is 11.7. The van der Waals surface area contributed by atoms with Crippen molar-refractivity contribution >= 4 is 5.97 Å². The summed E-state index contributed by atoms with van der Waals surface area (Å²) >= 11 is 0. The lowest BCUT2D eigenvalue weighted by molar-refractivity contribution is -0.163. The van der Waals surface area contributed by atoms with E-state index in [2.05, 4.69) is 12.2 Å². The van der Waals surface area contributed by atoms with E-state index < -0.39 is 5.92 Å². The molecule has 0 aromatic rings. The van der Waals surface area contributed by atoms with Crippen LogP contribution in [-0.2, 0) is 14.3 Å². The average molecular weight is 226 g/mol. The molecular weight excluding hydrogens is 208 g/mol. The molecule has 1 fully saturated rings. The molecule has 16 heavy (non-hydrogen) atoms. The Morgan fingerprint density at radius 2 is 2.31 bits per heavy atom. The van der Waals surface area contributed by atoms with Crippen LogP contribution in [0.25, 0.3) is 0 Å². The standard InChI is InChI=1S/C12H18O4/c1-15-7-16-12(14)11(6-13)10-5-8-2-3-9(10)4-8/h2-3,8-11,13H,4-7H2,1H3. The molecule has 90 valence electrons. The molecule has 4 heteroatoms. The predicted octanol–water partition coefficient (Wildman–Crippen LogP) is 0.954. The Balaban J connectivity index is 1.94. The first-order valence-electron chi connectivity index (χ1n) is 5.71. The van der Waals surface area contributed by atoms with Gasteiger partial charge in [0.25, 0.3) is 0 Å². The van der Waals surface area contributed by atoms with Crippen LogP contribution >= 0.6 is 0 Å². The van der Waals surface area contributed by atoms with Crippen LogP contribution in [0.5, 0.6) is 0 Å². The summed E-state index contributed by atoms with van der Waals surface area (Å²) < 4.78 is 9.61. The summed E-state index contributed by atoms with van der Waals surface area (Å²) in [4.78, 5) is 11.7. The number of fused-ring (bicyclic) bond motifs is 2. The van der Waals surface area contributed by atoms with Crippen LogP contribution in [0.2, 0.25) is 0 Å². The highest BCUT2D eigenvalue weighted by Gasteiger charge is 2.42. The second-order valence-electron chi connectivity index (χ2n) is 4.60. The first-order chi connectivity index (χ1) is 7.76. The van der Waals surface area contributed by atoms with Gasteiger partial charge in [-0.15, -0.1) is 0 Å². The third kappa shape index (κ3) is 2.13. The number of hydrogen-bond acceptors (Lipinski definition) is 4. The number of allylic oxidation sites excluding steroid dienone is 2. The number of hydrogen-bond donors (Lipinski definition) is 1. The Morgan fingerprint density at radius 3 is 2.81 bits per heavy atom. The summed E-state index contributed by atoms with van der Waals surface area (Å²) in [6, 6.07) is 0. The van der Waals surface area contributed by atoms with Crippen LogP contribution < -0.4 is 0 Å². The van der Waals surface area contributed by atoms with Crippen LogP contribution in [0.3, 0.4) is 0 Å². The number of carbonyl (C=O) groups is 1. The summed E-state index contributed by atoms with van der Waals surface area (Å²) in [5.41, 5.74) is 0. The molecule has 2 aliphatic carbocycles. The van der Waals surface area contributed by atoms with Gasteiger partial charge >= 0.3 is 5.97 Å². The quantitative estimate of drug-likeness (QED) is 0.431. The molecule has 0 spiro atoms. The van der Waals surface area contributed by atoms with Gasteiger partial charge in [-0.25, -0.2) is 0 Å². The van der Waals surface area contributed by atoms with Crippen molar-refractivity contribution in [2.45, 2.75) is 12.8 Å². The molecule has 0 saturated heterocycles. The lowest BCUT2D eigenvalue weighted by Crippen LogP contribution is -2.31. The number of ether oxygens (including phenoxy) is 2. The SMILES string of the molecule is COCOC(=O)C(CO)C1CC2C=CC1C2. The molecule has 0 aromatic heterocycles. The van der Waals surface area contributed by atoms with Gasteiger partial charge < -0.3 is 14.6 Å². The van der Waals surface area contributed by atoms with E-state index in [0.29, 0.717) is 11.8 Å². The maximum Gasteiger partial charge on any atom is 0.313 e. The van der Waals surface area contributed by atoms with E-state index in [1.54, 1.807) is 0 Å². The molecule has 2 aliphatic rings. The minimum Gasteiger partial charge on any atom is -0.438 e. The summed E-state index contributed by atoms with van der Waals surface area (Å²) in [5.74, 6) is 0.547. The second-order valence-corrected chi connectivity index (χ2v) is 4.60. The lowest BCUT2D eigenvalue weighted by Gasteiger charge is -2.25. The van der Waals surface area contributed by atoms with E-state index >= 15 is 0 Å². The highest BCUT2D eigenvalue weighted by molar-refractivity contribution is 5.73. The van der Waals surface area contributed by atoms with Crippen molar-refractivity contribution in [3.05, 3.63) is 12.2 Å². The van der Waals surface area contributed by atoms with Crippen LogP contribution in [0.1, 0.15) is 12.8 Å². The predicted molar refractivity (Wildman–Crippen MR) is 57.4 cm³/mol. The molecule has 1 saturated carbocycles. The Kier molecular flexibility index (Phi) is 3.61. The zero-order valence-corrected chi connectivity index (χ0v) is 9.46. The molecule has 0 aliphatic heterocycles. The fourth-order valence-electron chi connectivity index (χ4n) is 2.89. The van der Waals surface area contributed by atoms with E-state index in [4.69, 9.17) is 9.47 Å². The molecule has 0 amide bonds. The van der Waals surface area contributed by atoms with E-state index in [0.717, 1.165) is 12.8 Å². The third-order valence-electron chi connectivity index (χ3n) is 3.67. The van der Waals surface area contributed by atoms with Gasteiger partial charge in [0.15, 0.2) is 6.79 Å². The van der Waals surface area contributed by atoms with Gasteiger partial charge in [0.1, 0.15) is 0 Å². The van der Waals surface area contributed by atoms with Crippen LogP contribution in [-0.4, -0.2) is 31.6 Å². The summed E-state index contributed by atoms with van der Waals surface area (Å²) in [7, 11) is 1.47. The summed E-state index contributed by atoms with van der Waals surface area (Å²) in [6.07, 6.45) is 6.51. The first-order valence-corrected chi connectivity index (χ1v) is 5.71. The molecule has 2 bridgehead atoms. The first kappa shape index (κ1) is 11.6. The Hall–Kier alpha value is -0.870. The minimum atomic E-state index is -0.393. The van der Waals surface area contributed by atoms with Crippen LogP contribution in [0.15, 0.2) is 12.2 Å². The van der Waals surface area contributed by atoms with Gasteiger partial charge in [0.2, 0.25) is 0 Å². The van der Waals surface area contributed by atoms with Crippen molar-refractivity contribution in [1.29, 1.82) is 0 Å². The van der Waals surface area contributed by atoms with Gasteiger partial charge in [-0.1, -0.05) is 12.2 Å². The van der Waals surface area contributed by atoms with Crippen LogP contribution in [0, 0.1) is 23.7 Å². The summed E-state index contributed by atoms with van der Waals surface area (Å²) in [5, 5.41) is 9.32. The minimum absolute atomic E-state index is 0.0357. The topological polar surface area (TPSA) is 55.8 Å². The average Bonchev–Trinajstić information content (AvgIpc) is 2.89. The Morgan fingerprint density at radius 1 is 1.50 bits per heavy atom. The van der Waals surface area contributed by atoms with Gasteiger partial charge in [-0.05, 0) is 30.6 Å². The van der Waals surface area contributed by atoms with Gasteiger partial charge in [-0.2, -0.15) is 0 Å². The van der Waals surface area contributed by atoms with E-state index in [9.17, 15) is 9.90 Å². The number of rotatable bonds is 5. The number of esters is 1. The lowest BCUT2D eigenvalue weighted by atomic mass is 9.82. The van der Waals surface area contributed by atoms with Crippen molar-refractivity contribution in [2.75, 3.05) is 20.5 Å². The molecule has 4 nitrogen and oxygen atoms in total. The van der Waals surface area contributed by atoms with Crippen LogP contribution in [0.4, 0.5) is 0 Å². The highest BCUT2D eigenvalue weighted by Crippen LogP contribution is 2.46. The Bertz CT molecular complexity index is 287. The van der Waals surface area contributed by atoms with Gasteiger partial charge in [-0.3, -0.25) is 4.79 Å². The normalized spacial score (nSPS) is 33.0. The zero-order chi connectivity index (χ0) is 11.5. The molecule has 0 heterocycles. The molecule has 1 N–H and O–H groups in total. The highest BCUT2D eigenvalue weighted by atomic mass is 16.7. The monoisotopic (exact) mass is 226 g/mol. The fraction of sp³-hybridized carbons (Fsp3) is 0.750. The second kappa shape index (κ2) is 4.97. The van der Waals surface area contributed by atoms with Crippen molar-refractivity contribution < 1.29 is 19.4 Å². The zero-order valence-electron chi connectivity index (χ0n) is 9.46. The number of methoxy groups -OCH3 is 1. The molecular formula is C12H18O4. The van der Waals surface area contributed by atoms with Gasteiger partial charge in [0.05, 0.1) is 12.5 Å².